The van der Waals surface area contributed by atoms with Gasteiger partial charge in [-0.25, -0.2) is 9.59 Å². The summed E-state index contributed by atoms with van der Waals surface area (Å²) in [6, 6.07) is 17.2. The monoisotopic (exact) mass is 593 g/mol. The number of ether oxygens (including phenoxy) is 3. The second-order valence-electron chi connectivity index (χ2n) is 9.13. The van der Waals surface area contributed by atoms with E-state index < -0.39 is 30.2 Å². The molecule has 0 fully saturated rings. The number of carbonyl (C=O) groups excluding carboxylic acids is 2. The summed E-state index contributed by atoms with van der Waals surface area (Å²) >= 11 is 0. The number of hydrogen-bond acceptors (Lipinski definition) is 8. The number of benzene rings is 3. The molecular weight excluding hydrogens is 559 g/mol. The Labute approximate surface area is 240 Å². The van der Waals surface area contributed by atoms with Gasteiger partial charge in [0.1, 0.15) is 11.8 Å². The molecule has 42 heavy (non-hydrogen) atoms. The van der Waals surface area contributed by atoms with Crippen molar-refractivity contribution < 1.29 is 46.9 Å². The molecule has 2 atom stereocenters. The average molecular weight is 594 g/mol. The molecule has 0 saturated heterocycles. The molecule has 13 heteroatoms. The van der Waals surface area contributed by atoms with E-state index >= 15 is 0 Å². The molecule has 0 aliphatic rings. The van der Waals surface area contributed by atoms with Crippen molar-refractivity contribution in [1.82, 2.24) is 4.90 Å². The van der Waals surface area contributed by atoms with Crippen LogP contribution >= 0.6 is 0 Å². The molecule has 3 aromatic carbocycles. The fourth-order valence-electron chi connectivity index (χ4n) is 3.97. The van der Waals surface area contributed by atoms with Gasteiger partial charge in [-0.05, 0) is 54.3 Å². The van der Waals surface area contributed by atoms with Crippen LogP contribution in [-0.2, 0) is 20.8 Å². The lowest BCUT2D eigenvalue weighted by Gasteiger charge is -2.29. The molecule has 3 rings (SSSR count). The van der Waals surface area contributed by atoms with Crippen molar-refractivity contribution in [2.24, 2.45) is 11.5 Å². The van der Waals surface area contributed by atoms with Crippen LogP contribution in [0.1, 0.15) is 18.4 Å². The lowest BCUT2D eigenvalue weighted by molar-refractivity contribution is -0.192. The van der Waals surface area contributed by atoms with Gasteiger partial charge in [0.05, 0.1) is 20.3 Å². The predicted octanol–water partition coefficient (Wildman–Crippen LogP) is 3.53. The lowest BCUT2D eigenvalue weighted by atomic mass is 10.0. The van der Waals surface area contributed by atoms with Crippen LogP contribution < -0.4 is 25.7 Å². The third kappa shape index (κ3) is 9.63. The molecule has 3 aromatic rings. The molecule has 228 valence electrons. The first-order valence-corrected chi connectivity index (χ1v) is 12.8. The number of hydrogen-bond donors (Lipinski definition) is 3. The van der Waals surface area contributed by atoms with Crippen molar-refractivity contribution in [1.29, 1.82) is 0 Å². The lowest BCUT2D eigenvalue weighted by Crippen LogP contribution is -2.51. The number of carboxylic acid groups (broad SMARTS) is 1. The van der Waals surface area contributed by atoms with Gasteiger partial charge >= 0.3 is 18.1 Å². The van der Waals surface area contributed by atoms with Crippen LogP contribution in [0.4, 0.5) is 13.2 Å². The molecule has 0 spiro atoms. The third-order valence-corrected chi connectivity index (χ3v) is 6.17. The Kier molecular flexibility index (Phi) is 12.6. The van der Waals surface area contributed by atoms with Crippen molar-refractivity contribution in [3.63, 3.8) is 0 Å². The Bertz CT molecular complexity index is 1370. The smallest absolute Gasteiger partial charge is 0.490 e. The highest BCUT2D eigenvalue weighted by Gasteiger charge is 2.38. The quantitative estimate of drug-likeness (QED) is 0.224. The SMILES string of the molecule is COc1ccc(OC(=O)[C@H](CCCN)N(C)C(=O)[C@@H](N)Cc2ccc3ccccc3c2)cc1OC.O=C(O)C(F)(F)F. The average Bonchev–Trinajstić information content (AvgIpc) is 2.96. The van der Waals surface area contributed by atoms with Crippen LogP contribution in [0.2, 0.25) is 0 Å². The van der Waals surface area contributed by atoms with E-state index in [1.807, 2.05) is 42.5 Å². The van der Waals surface area contributed by atoms with E-state index in [1.165, 1.54) is 19.1 Å². The van der Waals surface area contributed by atoms with Crippen molar-refractivity contribution in [3.8, 4) is 17.2 Å². The number of methoxy groups -OCH3 is 2. The molecule has 1 amide bonds. The van der Waals surface area contributed by atoms with E-state index in [9.17, 15) is 22.8 Å². The molecule has 0 radical (unpaired) electrons. The number of esters is 1. The first-order valence-electron chi connectivity index (χ1n) is 12.8. The second-order valence-corrected chi connectivity index (χ2v) is 9.13. The zero-order valence-corrected chi connectivity index (χ0v) is 23.4. The Balaban J connectivity index is 0.000000782. The minimum atomic E-state index is -5.08. The number of likely N-dealkylation sites (N-methyl/N-ethyl adjacent to an activating group) is 1. The Morgan fingerprint density at radius 3 is 2.14 bits per heavy atom. The zero-order valence-electron chi connectivity index (χ0n) is 23.4. The maximum absolute atomic E-state index is 13.2. The van der Waals surface area contributed by atoms with Gasteiger partial charge in [-0.15, -0.1) is 0 Å². The number of rotatable bonds is 11. The van der Waals surface area contributed by atoms with Crippen molar-refractivity contribution in [3.05, 3.63) is 66.2 Å². The normalized spacial score (nSPS) is 12.4. The summed E-state index contributed by atoms with van der Waals surface area (Å²) in [7, 11) is 4.59. The summed E-state index contributed by atoms with van der Waals surface area (Å²) in [6.45, 7) is 0.380. The molecule has 10 nitrogen and oxygen atoms in total. The topological polar surface area (TPSA) is 154 Å². The van der Waals surface area contributed by atoms with E-state index in [4.69, 9.17) is 35.6 Å². The Morgan fingerprint density at radius 2 is 1.57 bits per heavy atom. The highest BCUT2D eigenvalue weighted by atomic mass is 19.4. The van der Waals surface area contributed by atoms with E-state index in [0.717, 1.165) is 16.3 Å². The molecule has 0 bridgehead atoms. The Morgan fingerprint density at radius 1 is 0.952 bits per heavy atom. The minimum Gasteiger partial charge on any atom is -0.493 e. The summed E-state index contributed by atoms with van der Waals surface area (Å²) < 4.78 is 47.8. The third-order valence-electron chi connectivity index (χ3n) is 6.17. The van der Waals surface area contributed by atoms with E-state index in [2.05, 4.69) is 0 Å². The standard InChI is InChI=1S/C27H33N3O5.C2HF3O2/c1-30(26(31)22(29)16-18-10-11-19-7-4-5-8-20(19)15-18)23(9-6-14-28)27(32)35-21-12-13-24(33-2)25(17-21)34-3;3-2(4,5)1(6)7/h4-5,7-8,10-13,15,17,22-23H,6,9,14,16,28-29H2,1-3H3;(H,6,7)/t22-,23-;/m0./s1. The number of carbonyl (C=O) groups is 3. The van der Waals surface area contributed by atoms with Gasteiger partial charge in [0.2, 0.25) is 5.91 Å². The maximum atomic E-state index is 13.2. The number of nitrogens with two attached hydrogens (primary N) is 2. The summed E-state index contributed by atoms with van der Waals surface area (Å²) in [4.78, 5) is 36.5. The molecule has 5 N–H and O–H groups in total. The maximum Gasteiger partial charge on any atom is 0.490 e. The number of amides is 1. The van der Waals surface area contributed by atoms with E-state index in [-0.39, 0.29) is 11.7 Å². The predicted molar refractivity (Wildman–Crippen MR) is 149 cm³/mol. The highest BCUT2D eigenvalue weighted by Crippen LogP contribution is 2.31. The fourth-order valence-corrected chi connectivity index (χ4v) is 3.97. The van der Waals surface area contributed by atoms with Crippen LogP contribution in [0, 0.1) is 0 Å². The van der Waals surface area contributed by atoms with Gasteiger partial charge in [0, 0.05) is 13.1 Å². The molecular formula is C29H34F3N3O7. The van der Waals surface area contributed by atoms with Crippen LogP contribution in [0.15, 0.2) is 60.7 Å². The largest absolute Gasteiger partial charge is 0.493 e. The second kappa shape index (κ2) is 15.6. The number of halogens is 3. The van der Waals surface area contributed by atoms with Crippen molar-refractivity contribution in [2.45, 2.75) is 37.5 Å². The summed E-state index contributed by atoms with van der Waals surface area (Å²) in [5, 5.41) is 9.32. The minimum absolute atomic E-state index is 0.284. The van der Waals surface area contributed by atoms with Gasteiger partial charge in [-0.3, -0.25) is 4.79 Å². The van der Waals surface area contributed by atoms with Crippen LogP contribution in [0.25, 0.3) is 10.8 Å². The molecule has 0 aliphatic heterocycles. The van der Waals surface area contributed by atoms with Gasteiger partial charge in [-0.1, -0.05) is 42.5 Å². The van der Waals surface area contributed by atoms with Gasteiger partial charge < -0.3 is 35.7 Å². The molecule has 0 saturated carbocycles. The number of fused-ring (bicyclic) bond motifs is 1. The number of carboxylic acids is 1. The molecule has 0 aliphatic carbocycles. The van der Waals surface area contributed by atoms with Gasteiger partial charge in [-0.2, -0.15) is 13.2 Å². The zero-order chi connectivity index (χ0) is 31.4. The number of aliphatic carboxylic acids is 1. The van der Waals surface area contributed by atoms with E-state index in [0.29, 0.717) is 37.3 Å². The highest BCUT2D eigenvalue weighted by molar-refractivity contribution is 5.88. The number of nitrogens with zero attached hydrogens (tertiary/aromatic N) is 1. The first kappa shape index (κ1) is 33.8. The van der Waals surface area contributed by atoms with E-state index in [1.54, 1.807) is 25.2 Å². The summed E-state index contributed by atoms with van der Waals surface area (Å²) in [5.41, 5.74) is 12.9. The summed E-state index contributed by atoms with van der Waals surface area (Å²) in [5.74, 6) is -2.44. The molecule has 0 aromatic heterocycles. The summed E-state index contributed by atoms with van der Waals surface area (Å²) in [6.07, 6.45) is -3.83. The van der Waals surface area contributed by atoms with Crippen molar-refractivity contribution >= 4 is 28.6 Å². The van der Waals surface area contributed by atoms with Crippen molar-refractivity contribution in [2.75, 3.05) is 27.8 Å². The van der Waals surface area contributed by atoms with Gasteiger partial charge in [0.25, 0.3) is 0 Å². The molecule has 0 unspecified atom stereocenters. The van der Waals surface area contributed by atoms with Crippen LogP contribution in [0.5, 0.6) is 17.2 Å². The van der Waals surface area contributed by atoms with Crippen LogP contribution in [-0.4, -0.2) is 73.9 Å². The first-order chi connectivity index (χ1) is 19.8. The fraction of sp³-hybridized carbons (Fsp3) is 0.345. The number of alkyl halides is 3. The van der Waals surface area contributed by atoms with Gasteiger partial charge in [0.15, 0.2) is 11.5 Å². The molecule has 0 heterocycles. The Hall–Kier alpha value is -4.36. The van der Waals surface area contributed by atoms with Crippen LogP contribution in [0.3, 0.4) is 0 Å².